The Hall–Kier alpha value is -2.23. The van der Waals surface area contributed by atoms with Gasteiger partial charge in [-0.2, -0.15) is 0 Å². The van der Waals surface area contributed by atoms with Gasteiger partial charge in [-0.25, -0.2) is 4.79 Å². The Morgan fingerprint density at radius 1 is 1.15 bits per heavy atom. The summed E-state index contributed by atoms with van der Waals surface area (Å²) < 4.78 is 5.75. The number of nitrogens with zero attached hydrogens (tertiary/aromatic N) is 2. The van der Waals surface area contributed by atoms with E-state index < -0.39 is 5.60 Å². The van der Waals surface area contributed by atoms with E-state index in [9.17, 15) is 4.79 Å². The molecule has 1 aliphatic heterocycles. The summed E-state index contributed by atoms with van der Waals surface area (Å²) in [6.45, 7) is 12.2. The molecule has 4 heteroatoms. The highest BCUT2D eigenvalue weighted by molar-refractivity contribution is 5.68. The number of benzene rings is 1. The quantitative estimate of drug-likeness (QED) is 0.513. The summed E-state index contributed by atoms with van der Waals surface area (Å²) in [5.74, 6) is 0.609. The maximum absolute atomic E-state index is 12.9. The summed E-state index contributed by atoms with van der Waals surface area (Å²) in [5.41, 5.74) is 5.34. The van der Waals surface area contributed by atoms with Crippen LogP contribution in [0.1, 0.15) is 77.8 Å². The Morgan fingerprint density at radius 2 is 1.85 bits per heavy atom. The number of carbonyl (C=O) groups is 1. The Kier molecular flexibility index (Phi) is 7.21. The minimum atomic E-state index is -0.452. The molecule has 3 aliphatic rings. The standard InChI is InChI=1S/C29H42N2O2/c1-21-13-14-27(22(2)18-21)30(26-19-23-10-6-7-11-24(23)20-26)17-15-25-12-8-9-16-31(25)28(32)33-29(3,4)5/h6-7,10-11,14,18,21,25-26H,8-9,12-13,15-17,19-20H2,1-5H3/t21?,25-/m1/s1. The minimum absolute atomic E-state index is 0.145. The van der Waals surface area contributed by atoms with E-state index in [0.29, 0.717) is 12.0 Å². The van der Waals surface area contributed by atoms with Gasteiger partial charge in [0.15, 0.2) is 0 Å². The van der Waals surface area contributed by atoms with Gasteiger partial charge in [-0.1, -0.05) is 43.3 Å². The number of carbonyl (C=O) groups excluding carboxylic acids is 1. The van der Waals surface area contributed by atoms with Crippen LogP contribution in [-0.2, 0) is 17.6 Å². The molecule has 33 heavy (non-hydrogen) atoms. The molecule has 0 N–H and O–H groups in total. The topological polar surface area (TPSA) is 32.8 Å². The lowest BCUT2D eigenvalue weighted by molar-refractivity contribution is 0.00772. The summed E-state index contributed by atoms with van der Waals surface area (Å²) in [5, 5.41) is 0. The number of rotatable bonds is 5. The number of likely N-dealkylation sites (tertiary alicyclic amines) is 1. The van der Waals surface area contributed by atoms with Gasteiger partial charge in [-0.05, 0) is 95.3 Å². The first kappa shape index (κ1) is 23.9. The van der Waals surface area contributed by atoms with Gasteiger partial charge >= 0.3 is 6.09 Å². The Morgan fingerprint density at radius 3 is 2.48 bits per heavy atom. The molecule has 1 saturated heterocycles. The fourth-order valence-corrected chi connectivity index (χ4v) is 5.79. The molecule has 0 saturated carbocycles. The van der Waals surface area contributed by atoms with Crippen molar-refractivity contribution in [3.63, 3.8) is 0 Å². The van der Waals surface area contributed by atoms with Crippen molar-refractivity contribution >= 4 is 6.09 Å². The lowest BCUT2D eigenvalue weighted by Gasteiger charge is -2.40. The van der Waals surface area contributed by atoms with E-state index in [1.165, 1.54) is 28.8 Å². The van der Waals surface area contributed by atoms with Crippen LogP contribution in [0.25, 0.3) is 0 Å². The van der Waals surface area contributed by atoms with Crippen molar-refractivity contribution in [2.45, 2.75) is 97.2 Å². The van der Waals surface area contributed by atoms with Crippen LogP contribution in [0.2, 0.25) is 0 Å². The van der Waals surface area contributed by atoms with E-state index in [0.717, 1.165) is 51.6 Å². The SMILES string of the molecule is CC1=CC(C)CC=C1N(CC[C@H]1CCCCN1C(=O)OC(C)(C)C)C1Cc2ccccc2C1. The second-order valence-corrected chi connectivity index (χ2v) is 11.3. The summed E-state index contributed by atoms with van der Waals surface area (Å²) in [4.78, 5) is 17.6. The number of ether oxygens (including phenoxy) is 1. The first-order valence-corrected chi connectivity index (χ1v) is 12.9. The van der Waals surface area contributed by atoms with Crippen LogP contribution in [0, 0.1) is 5.92 Å². The van der Waals surface area contributed by atoms with E-state index in [2.05, 4.69) is 55.2 Å². The fraction of sp³-hybridized carbons (Fsp3) is 0.621. The van der Waals surface area contributed by atoms with Gasteiger partial charge in [0.2, 0.25) is 0 Å². The van der Waals surface area contributed by atoms with Crippen molar-refractivity contribution in [2.75, 3.05) is 13.1 Å². The molecule has 1 aromatic rings. The highest BCUT2D eigenvalue weighted by Crippen LogP contribution is 2.33. The zero-order valence-electron chi connectivity index (χ0n) is 21.3. The molecular weight excluding hydrogens is 408 g/mol. The molecule has 0 spiro atoms. The molecule has 0 aromatic heterocycles. The zero-order chi connectivity index (χ0) is 23.6. The van der Waals surface area contributed by atoms with E-state index in [1.54, 1.807) is 0 Å². The van der Waals surface area contributed by atoms with Gasteiger partial charge in [0, 0.05) is 30.9 Å². The maximum Gasteiger partial charge on any atom is 0.410 e. The second-order valence-electron chi connectivity index (χ2n) is 11.3. The molecular formula is C29H42N2O2. The van der Waals surface area contributed by atoms with Crippen molar-refractivity contribution in [1.82, 2.24) is 9.80 Å². The number of hydrogen-bond acceptors (Lipinski definition) is 3. The predicted octanol–water partition coefficient (Wildman–Crippen LogP) is 6.51. The van der Waals surface area contributed by atoms with Gasteiger partial charge in [0.25, 0.3) is 0 Å². The van der Waals surface area contributed by atoms with Gasteiger partial charge < -0.3 is 14.5 Å². The van der Waals surface area contributed by atoms with E-state index in [-0.39, 0.29) is 12.1 Å². The lowest BCUT2D eigenvalue weighted by Crippen LogP contribution is -2.48. The molecule has 1 heterocycles. The normalized spacial score (nSPS) is 23.6. The molecule has 2 aliphatic carbocycles. The van der Waals surface area contributed by atoms with Crippen LogP contribution in [0.5, 0.6) is 0 Å². The van der Waals surface area contributed by atoms with Crippen LogP contribution in [-0.4, -0.2) is 46.7 Å². The summed E-state index contributed by atoms with van der Waals surface area (Å²) in [6.07, 6.45) is 12.4. The molecule has 1 aromatic carbocycles. The van der Waals surface area contributed by atoms with Crippen molar-refractivity contribution in [3.8, 4) is 0 Å². The second kappa shape index (κ2) is 9.95. The Bertz CT molecular complexity index is 885. The highest BCUT2D eigenvalue weighted by atomic mass is 16.6. The number of hydrogen-bond donors (Lipinski definition) is 0. The number of amides is 1. The van der Waals surface area contributed by atoms with Crippen molar-refractivity contribution in [3.05, 3.63) is 58.8 Å². The van der Waals surface area contributed by atoms with Crippen LogP contribution < -0.4 is 0 Å². The average Bonchev–Trinajstić information content (AvgIpc) is 3.18. The van der Waals surface area contributed by atoms with Crippen LogP contribution in [0.15, 0.2) is 47.7 Å². The zero-order valence-corrected chi connectivity index (χ0v) is 21.3. The van der Waals surface area contributed by atoms with Gasteiger partial charge in [0.05, 0.1) is 0 Å². The molecule has 2 atom stereocenters. The molecule has 4 rings (SSSR count). The molecule has 1 fully saturated rings. The summed E-state index contributed by atoms with van der Waals surface area (Å²) >= 11 is 0. The summed E-state index contributed by atoms with van der Waals surface area (Å²) in [7, 11) is 0. The first-order chi connectivity index (χ1) is 15.7. The molecule has 1 amide bonds. The van der Waals surface area contributed by atoms with E-state index in [1.807, 2.05) is 25.7 Å². The smallest absolute Gasteiger partial charge is 0.410 e. The number of fused-ring (bicyclic) bond motifs is 1. The maximum atomic E-state index is 12.9. The van der Waals surface area contributed by atoms with Crippen molar-refractivity contribution in [1.29, 1.82) is 0 Å². The van der Waals surface area contributed by atoms with Crippen LogP contribution in [0.3, 0.4) is 0 Å². The van der Waals surface area contributed by atoms with Crippen LogP contribution >= 0.6 is 0 Å². The number of allylic oxidation sites excluding steroid dienone is 3. The molecule has 0 radical (unpaired) electrons. The molecule has 180 valence electrons. The predicted molar refractivity (Wildman–Crippen MR) is 135 cm³/mol. The fourth-order valence-electron chi connectivity index (χ4n) is 5.79. The van der Waals surface area contributed by atoms with Crippen LogP contribution in [0.4, 0.5) is 4.79 Å². The number of piperidine rings is 1. The van der Waals surface area contributed by atoms with Gasteiger partial charge in [-0.15, -0.1) is 0 Å². The van der Waals surface area contributed by atoms with Crippen molar-refractivity contribution in [2.24, 2.45) is 5.92 Å². The molecule has 4 nitrogen and oxygen atoms in total. The van der Waals surface area contributed by atoms with Gasteiger partial charge in [-0.3, -0.25) is 0 Å². The van der Waals surface area contributed by atoms with Crippen molar-refractivity contribution < 1.29 is 9.53 Å². The molecule has 0 bridgehead atoms. The largest absolute Gasteiger partial charge is 0.444 e. The molecule has 1 unspecified atom stereocenters. The first-order valence-electron chi connectivity index (χ1n) is 12.9. The Balaban J connectivity index is 1.50. The lowest BCUT2D eigenvalue weighted by atomic mass is 9.93. The van der Waals surface area contributed by atoms with Gasteiger partial charge in [0.1, 0.15) is 5.60 Å². The third kappa shape index (κ3) is 5.83. The third-order valence-corrected chi connectivity index (χ3v) is 7.36. The Labute approximate surface area is 200 Å². The minimum Gasteiger partial charge on any atom is -0.444 e. The third-order valence-electron chi connectivity index (χ3n) is 7.36. The average molecular weight is 451 g/mol. The van der Waals surface area contributed by atoms with E-state index >= 15 is 0 Å². The summed E-state index contributed by atoms with van der Waals surface area (Å²) in [6, 6.07) is 9.66. The van der Waals surface area contributed by atoms with E-state index in [4.69, 9.17) is 4.74 Å². The highest BCUT2D eigenvalue weighted by Gasteiger charge is 2.33. The monoisotopic (exact) mass is 450 g/mol.